The van der Waals surface area contributed by atoms with Gasteiger partial charge in [0.15, 0.2) is 0 Å². The second-order valence-corrected chi connectivity index (χ2v) is 5.40. The van der Waals surface area contributed by atoms with Crippen molar-refractivity contribution >= 4 is 17.7 Å². The number of thioether (sulfide) groups is 1. The average molecular weight is 268 g/mol. The summed E-state index contributed by atoms with van der Waals surface area (Å²) in [7, 11) is 0. The van der Waals surface area contributed by atoms with Crippen LogP contribution in [0.15, 0.2) is 29.4 Å². The van der Waals surface area contributed by atoms with E-state index in [1.54, 1.807) is 18.0 Å². The first-order valence-corrected chi connectivity index (χ1v) is 7.06. The summed E-state index contributed by atoms with van der Waals surface area (Å²) in [4.78, 5) is 15.8. The second kappa shape index (κ2) is 8.11. The van der Waals surface area contributed by atoms with E-state index in [9.17, 15) is 4.79 Å². The first-order valence-electron chi connectivity index (χ1n) is 6.07. The maximum atomic E-state index is 11.6. The lowest BCUT2D eigenvalue weighted by Crippen LogP contribution is -2.38. The number of aliphatic hydroxyl groups excluding tert-OH is 1. The van der Waals surface area contributed by atoms with E-state index in [0.29, 0.717) is 12.2 Å². The number of pyridine rings is 1. The molecule has 18 heavy (non-hydrogen) atoms. The molecule has 0 fully saturated rings. The Labute approximate surface area is 112 Å². The molecule has 2 unspecified atom stereocenters. The summed E-state index contributed by atoms with van der Waals surface area (Å²) in [6, 6.07) is 5.73. The summed E-state index contributed by atoms with van der Waals surface area (Å²) >= 11 is 1.57. The van der Waals surface area contributed by atoms with Crippen LogP contribution in [0.25, 0.3) is 0 Å². The molecular formula is C13H20N2O2S. The van der Waals surface area contributed by atoms with Gasteiger partial charge in [-0.25, -0.2) is 4.98 Å². The van der Waals surface area contributed by atoms with Crippen LogP contribution in [-0.4, -0.2) is 34.4 Å². The number of carbonyl (C=O) groups excluding carboxylic acids is 1. The van der Waals surface area contributed by atoms with Crippen molar-refractivity contribution in [1.29, 1.82) is 0 Å². The van der Waals surface area contributed by atoms with Gasteiger partial charge in [0, 0.05) is 31.0 Å². The van der Waals surface area contributed by atoms with E-state index in [1.165, 1.54) is 0 Å². The molecule has 1 rings (SSSR count). The minimum atomic E-state index is 0.00218. The Morgan fingerprint density at radius 2 is 2.28 bits per heavy atom. The molecule has 1 aromatic rings. The van der Waals surface area contributed by atoms with E-state index >= 15 is 0 Å². The Hall–Kier alpha value is -1.07. The quantitative estimate of drug-likeness (QED) is 0.739. The van der Waals surface area contributed by atoms with Gasteiger partial charge in [0.25, 0.3) is 0 Å². The highest BCUT2D eigenvalue weighted by Gasteiger charge is 2.13. The summed E-state index contributed by atoms with van der Waals surface area (Å²) < 4.78 is 0. The third-order valence-electron chi connectivity index (χ3n) is 2.75. The van der Waals surface area contributed by atoms with E-state index in [4.69, 9.17) is 5.11 Å². The van der Waals surface area contributed by atoms with Crippen LogP contribution >= 0.6 is 11.8 Å². The van der Waals surface area contributed by atoms with E-state index in [1.807, 2.05) is 32.0 Å². The molecule has 0 aliphatic rings. The standard InChI is InChI=1S/C13H20N2O2S/c1-10(9-16)11(2)15-12(17)6-8-18-13-5-3-4-7-14-13/h3-5,7,10-11,16H,6,8-9H2,1-2H3,(H,15,17). The van der Waals surface area contributed by atoms with E-state index < -0.39 is 0 Å². The fourth-order valence-corrected chi connectivity index (χ4v) is 2.11. The molecule has 2 atom stereocenters. The van der Waals surface area contributed by atoms with Gasteiger partial charge in [0.1, 0.15) is 0 Å². The molecule has 4 nitrogen and oxygen atoms in total. The zero-order chi connectivity index (χ0) is 13.4. The minimum Gasteiger partial charge on any atom is -0.396 e. The smallest absolute Gasteiger partial charge is 0.221 e. The Morgan fingerprint density at radius 3 is 2.89 bits per heavy atom. The highest BCUT2D eigenvalue weighted by molar-refractivity contribution is 7.99. The van der Waals surface area contributed by atoms with Crippen molar-refractivity contribution in [2.45, 2.75) is 31.3 Å². The van der Waals surface area contributed by atoms with Gasteiger partial charge in [-0.3, -0.25) is 4.79 Å². The minimum absolute atomic E-state index is 0.00218. The number of amides is 1. The molecule has 100 valence electrons. The topological polar surface area (TPSA) is 62.2 Å². The van der Waals surface area contributed by atoms with Gasteiger partial charge >= 0.3 is 0 Å². The van der Waals surface area contributed by atoms with Crippen LogP contribution in [-0.2, 0) is 4.79 Å². The molecule has 0 radical (unpaired) electrons. The molecule has 0 aliphatic heterocycles. The molecule has 0 spiro atoms. The zero-order valence-electron chi connectivity index (χ0n) is 10.8. The van der Waals surface area contributed by atoms with Gasteiger partial charge in [0.05, 0.1) is 5.03 Å². The average Bonchev–Trinajstić information content (AvgIpc) is 2.38. The van der Waals surface area contributed by atoms with Crippen LogP contribution in [0.2, 0.25) is 0 Å². The van der Waals surface area contributed by atoms with Crippen LogP contribution < -0.4 is 5.32 Å². The molecule has 1 heterocycles. The van der Waals surface area contributed by atoms with Gasteiger partial charge in [-0.2, -0.15) is 0 Å². The van der Waals surface area contributed by atoms with Gasteiger partial charge in [-0.05, 0) is 25.0 Å². The molecule has 0 saturated carbocycles. The predicted octanol–water partition coefficient (Wildman–Crippen LogP) is 1.70. The lowest BCUT2D eigenvalue weighted by atomic mass is 10.1. The molecule has 0 bridgehead atoms. The number of aromatic nitrogens is 1. The summed E-state index contributed by atoms with van der Waals surface area (Å²) in [6.07, 6.45) is 2.21. The van der Waals surface area contributed by atoms with E-state index in [0.717, 1.165) is 5.03 Å². The van der Waals surface area contributed by atoms with Crippen molar-refractivity contribution in [1.82, 2.24) is 10.3 Å². The fraction of sp³-hybridized carbons (Fsp3) is 0.538. The molecule has 0 aliphatic carbocycles. The molecule has 0 aromatic carbocycles. The third-order valence-corrected chi connectivity index (χ3v) is 3.69. The number of carbonyl (C=O) groups is 1. The number of hydrogen-bond donors (Lipinski definition) is 2. The Balaban J connectivity index is 2.21. The van der Waals surface area contributed by atoms with Crippen molar-refractivity contribution in [3.63, 3.8) is 0 Å². The largest absolute Gasteiger partial charge is 0.396 e. The number of nitrogens with one attached hydrogen (secondary N) is 1. The second-order valence-electron chi connectivity index (χ2n) is 4.28. The normalized spacial score (nSPS) is 13.9. The van der Waals surface area contributed by atoms with Crippen LogP contribution in [0.4, 0.5) is 0 Å². The Bertz CT molecular complexity index is 359. The van der Waals surface area contributed by atoms with Crippen molar-refractivity contribution in [3.8, 4) is 0 Å². The number of nitrogens with zero attached hydrogens (tertiary/aromatic N) is 1. The van der Waals surface area contributed by atoms with Crippen molar-refractivity contribution in [2.24, 2.45) is 5.92 Å². The lowest BCUT2D eigenvalue weighted by molar-refractivity contribution is -0.121. The molecule has 1 amide bonds. The van der Waals surface area contributed by atoms with Crippen molar-refractivity contribution in [3.05, 3.63) is 24.4 Å². The molecular weight excluding hydrogens is 248 g/mol. The SMILES string of the molecule is CC(CO)C(C)NC(=O)CCSc1ccccn1. The first kappa shape index (κ1) is 15.0. The molecule has 2 N–H and O–H groups in total. The molecule has 1 aromatic heterocycles. The number of rotatable bonds is 7. The van der Waals surface area contributed by atoms with Gasteiger partial charge in [0.2, 0.25) is 5.91 Å². The zero-order valence-corrected chi connectivity index (χ0v) is 11.6. The van der Waals surface area contributed by atoms with Gasteiger partial charge in [-0.1, -0.05) is 13.0 Å². The van der Waals surface area contributed by atoms with Crippen molar-refractivity contribution in [2.75, 3.05) is 12.4 Å². The monoisotopic (exact) mass is 268 g/mol. The maximum Gasteiger partial charge on any atom is 0.221 e. The first-order chi connectivity index (χ1) is 8.63. The van der Waals surface area contributed by atoms with Crippen LogP contribution in [0.3, 0.4) is 0 Å². The van der Waals surface area contributed by atoms with Crippen LogP contribution in [0.5, 0.6) is 0 Å². The summed E-state index contributed by atoms with van der Waals surface area (Å²) in [5.74, 6) is 0.812. The Morgan fingerprint density at radius 1 is 1.50 bits per heavy atom. The van der Waals surface area contributed by atoms with Crippen LogP contribution in [0, 0.1) is 5.92 Å². The molecule has 0 saturated heterocycles. The van der Waals surface area contributed by atoms with E-state index in [-0.39, 0.29) is 24.5 Å². The summed E-state index contributed by atoms with van der Waals surface area (Å²) in [5, 5.41) is 12.8. The number of hydrogen-bond acceptors (Lipinski definition) is 4. The predicted molar refractivity (Wildman–Crippen MR) is 73.4 cm³/mol. The Kier molecular flexibility index (Phi) is 6.75. The van der Waals surface area contributed by atoms with E-state index in [2.05, 4.69) is 10.3 Å². The number of aliphatic hydroxyl groups is 1. The summed E-state index contributed by atoms with van der Waals surface area (Å²) in [6.45, 7) is 3.91. The van der Waals surface area contributed by atoms with Gasteiger partial charge < -0.3 is 10.4 Å². The highest BCUT2D eigenvalue weighted by atomic mass is 32.2. The third kappa shape index (κ3) is 5.51. The summed E-state index contributed by atoms with van der Waals surface area (Å²) in [5.41, 5.74) is 0. The van der Waals surface area contributed by atoms with Crippen molar-refractivity contribution < 1.29 is 9.90 Å². The fourth-order valence-electron chi connectivity index (χ4n) is 1.31. The van der Waals surface area contributed by atoms with Crippen LogP contribution in [0.1, 0.15) is 20.3 Å². The molecule has 5 heteroatoms. The maximum absolute atomic E-state index is 11.6. The lowest BCUT2D eigenvalue weighted by Gasteiger charge is -2.19. The highest BCUT2D eigenvalue weighted by Crippen LogP contribution is 2.14. The van der Waals surface area contributed by atoms with Gasteiger partial charge in [-0.15, -0.1) is 11.8 Å².